The third kappa shape index (κ3) is 4.05. The number of carbonyl (C=O) groups is 1. The number of hydrogen-bond acceptors (Lipinski definition) is 3. The van der Waals surface area contributed by atoms with Gasteiger partial charge in [0.2, 0.25) is 5.91 Å². The van der Waals surface area contributed by atoms with Crippen molar-refractivity contribution < 1.29 is 9.18 Å². The molecule has 0 unspecified atom stereocenters. The quantitative estimate of drug-likeness (QED) is 0.697. The first kappa shape index (κ1) is 18.0. The first-order valence-electron chi connectivity index (χ1n) is 8.14. The summed E-state index contributed by atoms with van der Waals surface area (Å²) in [6.07, 6.45) is 0. The lowest BCUT2D eigenvalue weighted by Gasteiger charge is -2.18. The summed E-state index contributed by atoms with van der Waals surface area (Å²) >= 11 is 5.29. The van der Waals surface area contributed by atoms with Gasteiger partial charge in [0.05, 0.1) is 0 Å². The van der Waals surface area contributed by atoms with E-state index in [-0.39, 0.29) is 18.3 Å². The summed E-state index contributed by atoms with van der Waals surface area (Å²) in [5, 5.41) is 7.03. The molecule has 7 heteroatoms. The highest BCUT2D eigenvalue weighted by molar-refractivity contribution is 7.71. The summed E-state index contributed by atoms with van der Waals surface area (Å²) < 4.78 is 15.1. The lowest BCUT2D eigenvalue weighted by Crippen LogP contribution is -2.30. The molecule has 2 aromatic carbocycles. The average Bonchev–Trinajstić information content (AvgIpc) is 2.97. The maximum Gasteiger partial charge on any atom is 0.242 e. The fourth-order valence-electron chi connectivity index (χ4n) is 2.68. The number of rotatable bonds is 5. The predicted molar refractivity (Wildman–Crippen MR) is 100 cm³/mol. The SMILES string of the molecule is Cc1cccc(-c2n[nH]c(=S)n2CC(=O)N(C)Cc2ccc(F)cc2)c1. The standard InChI is InChI=1S/C19H19FN4OS/c1-13-4-3-5-15(10-13)18-21-22-19(26)24(18)12-17(25)23(2)11-14-6-8-16(20)9-7-14/h3-10H,11-12H2,1-2H3,(H,22,26). The van der Waals surface area contributed by atoms with Gasteiger partial charge in [-0.1, -0.05) is 35.9 Å². The number of nitrogens with one attached hydrogen (secondary N) is 1. The number of benzene rings is 2. The normalized spacial score (nSPS) is 10.7. The summed E-state index contributed by atoms with van der Waals surface area (Å²) in [7, 11) is 1.71. The molecule has 0 aliphatic rings. The summed E-state index contributed by atoms with van der Waals surface area (Å²) in [6.45, 7) is 2.47. The van der Waals surface area contributed by atoms with Crippen molar-refractivity contribution in [3.8, 4) is 11.4 Å². The lowest BCUT2D eigenvalue weighted by atomic mass is 10.1. The minimum absolute atomic E-state index is 0.0797. The molecule has 0 bridgehead atoms. The van der Waals surface area contributed by atoms with Crippen LogP contribution in [0.5, 0.6) is 0 Å². The van der Waals surface area contributed by atoms with Crippen molar-refractivity contribution in [3.63, 3.8) is 0 Å². The topological polar surface area (TPSA) is 53.9 Å². The zero-order valence-corrected chi connectivity index (χ0v) is 15.4. The number of carbonyl (C=O) groups excluding carboxylic acids is 1. The van der Waals surface area contributed by atoms with Crippen molar-refractivity contribution >= 4 is 18.1 Å². The number of amides is 1. The molecule has 0 fully saturated rings. The molecule has 0 saturated carbocycles. The van der Waals surface area contributed by atoms with Gasteiger partial charge in [-0.05, 0) is 42.9 Å². The Labute approximate surface area is 156 Å². The summed E-state index contributed by atoms with van der Waals surface area (Å²) in [5.74, 6) is 0.221. The van der Waals surface area contributed by atoms with E-state index in [4.69, 9.17) is 12.2 Å². The number of H-pyrrole nitrogens is 1. The molecule has 1 amide bonds. The molecule has 134 valence electrons. The Morgan fingerprint density at radius 3 is 2.69 bits per heavy atom. The smallest absolute Gasteiger partial charge is 0.242 e. The van der Waals surface area contributed by atoms with Crippen LogP contribution < -0.4 is 0 Å². The Hall–Kier alpha value is -2.80. The van der Waals surface area contributed by atoms with Crippen LogP contribution in [0.4, 0.5) is 4.39 Å². The van der Waals surface area contributed by atoms with Crippen LogP contribution in [0.2, 0.25) is 0 Å². The molecule has 1 N–H and O–H groups in total. The number of aryl methyl sites for hydroxylation is 1. The minimum atomic E-state index is -0.296. The fourth-order valence-corrected chi connectivity index (χ4v) is 2.87. The second kappa shape index (κ2) is 7.61. The van der Waals surface area contributed by atoms with Gasteiger partial charge in [0.15, 0.2) is 10.6 Å². The van der Waals surface area contributed by atoms with E-state index in [1.54, 1.807) is 28.6 Å². The van der Waals surface area contributed by atoms with E-state index in [0.29, 0.717) is 17.1 Å². The first-order valence-corrected chi connectivity index (χ1v) is 8.55. The maximum absolute atomic E-state index is 13.0. The van der Waals surface area contributed by atoms with Crippen LogP contribution in [0.3, 0.4) is 0 Å². The van der Waals surface area contributed by atoms with Crippen molar-refractivity contribution in [1.82, 2.24) is 19.7 Å². The van der Waals surface area contributed by atoms with Gasteiger partial charge in [-0.25, -0.2) is 4.39 Å². The van der Waals surface area contributed by atoms with Crippen molar-refractivity contribution in [2.75, 3.05) is 7.05 Å². The van der Waals surface area contributed by atoms with Crippen LogP contribution in [-0.4, -0.2) is 32.6 Å². The zero-order chi connectivity index (χ0) is 18.7. The molecule has 3 aromatic rings. The molecule has 0 aliphatic heterocycles. The molecule has 1 aromatic heterocycles. The molecule has 26 heavy (non-hydrogen) atoms. The summed E-state index contributed by atoms with van der Waals surface area (Å²) in [4.78, 5) is 14.2. The number of aromatic amines is 1. The highest BCUT2D eigenvalue weighted by atomic mass is 32.1. The largest absolute Gasteiger partial charge is 0.340 e. The molecule has 3 rings (SSSR count). The van der Waals surface area contributed by atoms with Gasteiger partial charge < -0.3 is 4.90 Å². The first-order chi connectivity index (χ1) is 12.4. The van der Waals surface area contributed by atoms with Gasteiger partial charge in [0.25, 0.3) is 0 Å². The van der Waals surface area contributed by atoms with Crippen LogP contribution in [0.15, 0.2) is 48.5 Å². The van der Waals surface area contributed by atoms with E-state index >= 15 is 0 Å². The molecule has 0 atom stereocenters. The van der Waals surface area contributed by atoms with E-state index in [1.165, 1.54) is 12.1 Å². The second-order valence-electron chi connectivity index (χ2n) is 6.18. The molecular formula is C19H19FN4OS. The summed E-state index contributed by atoms with van der Waals surface area (Å²) in [6, 6.07) is 14.0. The Morgan fingerprint density at radius 2 is 2.00 bits per heavy atom. The van der Waals surface area contributed by atoms with Gasteiger partial charge in [0.1, 0.15) is 12.4 Å². The Morgan fingerprint density at radius 1 is 1.27 bits per heavy atom. The number of hydrogen-bond donors (Lipinski definition) is 1. The second-order valence-corrected chi connectivity index (χ2v) is 6.57. The van der Waals surface area contributed by atoms with E-state index in [2.05, 4.69) is 10.2 Å². The average molecular weight is 370 g/mol. The van der Waals surface area contributed by atoms with Crippen LogP contribution in [-0.2, 0) is 17.9 Å². The number of nitrogens with zero attached hydrogens (tertiary/aromatic N) is 3. The van der Waals surface area contributed by atoms with Gasteiger partial charge in [-0.2, -0.15) is 5.10 Å². The molecular weight excluding hydrogens is 351 g/mol. The van der Waals surface area contributed by atoms with Gasteiger partial charge in [-0.3, -0.25) is 14.5 Å². The van der Waals surface area contributed by atoms with Crippen LogP contribution in [0.25, 0.3) is 11.4 Å². The van der Waals surface area contributed by atoms with Crippen LogP contribution in [0.1, 0.15) is 11.1 Å². The van der Waals surface area contributed by atoms with Crippen LogP contribution >= 0.6 is 12.2 Å². The molecule has 0 spiro atoms. The van der Waals surface area contributed by atoms with Gasteiger partial charge >= 0.3 is 0 Å². The third-order valence-corrected chi connectivity index (χ3v) is 4.40. The van der Waals surface area contributed by atoms with Crippen molar-refractivity contribution in [2.24, 2.45) is 0 Å². The predicted octanol–water partition coefficient (Wildman–Crippen LogP) is 3.71. The molecule has 0 radical (unpaired) electrons. The Balaban J connectivity index is 1.78. The third-order valence-electron chi connectivity index (χ3n) is 4.09. The maximum atomic E-state index is 13.0. The minimum Gasteiger partial charge on any atom is -0.340 e. The molecule has 0 aliphatic carbocycles. The number of aromatic nitrogens is 3. The number of likely N-dealkylation sites (N-methyl/N-ethyl adjacent to an activating group) is 1. The Bertz CT molecular complexity index is 978. The van der Waals surface area contributed by atoms with Gasteiger partial charge in [0, 0.05) is 19.2 Å². The highest BCUT2D eigenvalue weighted by Gasteiger charge is 2.15. The molecule has 5 nitrogen and oxygen atoms in total. The van der Waals surface area contributed by atoms with E-state index in [0.717, 1.165) is 16.7 Å². The van der Waals surface area contributed by atoms with Gasteiger partial charge in [-0.15, -0.1) is 0 Å². The van der Waals surface area contributed by atoms with Crippen LogP contribution in [0, 0.1) is 17.5 Å². The lowest BCUT2D eigenvalue weighted by molar-refractivity contribution is -0.131. The Kier molecular flexibility index (Phi) is 5.27. The molecule has 1 heterocycles. The highest BCUT2D eigenvalue weighted by Crippen LogP contribution is 2.19. The zero-order valence-electron chi connectivity index (χ0n) is 14.6. The van der Waals surface area contributed by atoms with E-state index in [9.17, 15) is 9.18 Å². The van der Waals surface area contributed by atoms with Crippen molar-refractivity contribution in [1.29, 1.82) is 0 Å². The van der Waals surface area contributed by atoms with Crippen molar-refractivity contribution in [3.05, 3.63) is 70.2 Å². The number of halogens is 1. The summed E-state index contributed by atoms with van der Waals surface area (Å²) in [5.41, 5.74) is 2.85. The van der Waals surface area contributed by atoms with E-state index < -0.39 is 0 Å². The fraction of sp³-hybridized carbons (Fsp3) is 0.211. The monoisotopic (exact) mass is 370 g/mol. The molecule has 0 saturated heterocycles. The van der Waals surface area contributed by atoms with Crippen molar-refractivity contribution in [2.45, 2.75) is 20.0 Å². The van der Waals surface area contributed by atoms with E-state index in [1.807, 2.05) is 31.2 Å².